The number of benzene rings is 6. The second-order valence-electron chi connectivity index (χ2n) is 10.2. The highest BCUT2D eigenvalue weighted by Gasteiger charge is 2.20. The molecule has 4 nitrogen and oxygen atoms in total. The molecule has 1 N–H and O–H groups in total. The second-order valence-corrected chi connectivity index (χ2v) is 10.2. The Balaban J connectivity index is 1.23. The quantitative estimate of drug-likeness (QED) is 0.239. The third-order valence-corrected chi connectivity index (χ3v) is 7.58. The number of fused-ring (bicyclic) bond motifs is 1. The van der Waals surface area contributed by atoms with Crippen LogP contribution in [0.15, 0.2) is 156 Å². The normalized spacial score (nSPS) is 14.4. The molecule has 0 radical (unpaired) electrons. The van der Waals surface area contributed by atoms with Crippen molar-refractivity contribution in [2.75, 3.05) is 0 Å². The van der Waals surface area contributed by atoms with Gasteiger partial charge in [0.25, 0.3) is 0 Å². The second kappa shape index (κ2) is 11.0. The summed E-state index contributed by atoms with van der Waals surface area (Å²) < 4.78 is 0. The smallest absolute Gasteiger partial charge is 0.159 e. The van der Waals surface area contributed by atoms with E-state index < -0.39 is 0 Å². The first-order chi connectivity index (χ1) is 20.7. The van der Waals surface area contributed by atoms with Crippen molar-refractivity contribution in [3.63, 3.8) is 0 Å². The average molecular weight is 539 g/mol. The molecule has 1 atom stereocenters. The lowest BCUT2D eigenvalue weighted by molar-refractivity contribution is 0.674. The summed E-state index contributed by atoms with van der Waals surface area (Å²) in [6.45, 7) is 0. The van der Waals surface area contributed by atoms with Gasteiger partial charge in [0.05, 0.1) is 11.6 Å². The van der Waals surface area contributed by atoms with Crippen LogP contribution in [0, 0.1) is 11.3 Å². The molecule has 6 aromatic carbocycles. The van der Waals surface area contributed by atoms with Gasteiger partial charge in [0, 0.05) is 11.1 Å². The Labute approximate surface area is 245 Å². The summed E-state index contributed by atoms with van der Waals surface area (Å²) in [4.78, 5) is 9.92. The van der Waals surface area contributed by atoms with Gasteiger partial charge in [-0.2, -0.15) is 5.26 Å². The number of nitriles is 1. The van der Waals surface area contributed by atoms with Crippen molar-refractivity contribution in [1.82, 2.24) is 5.32 Å². The van der Waals surface area contributed by atoms with Crippen LogP contribution in [0.3, 0.4) is 0 Å². The van der Waals surface area contributed by atoms with Gasteiger partial charge in [-0.05, 0) is 56.8 Å². The zero-order valence-corrected chi connectivity index (χ0v) is 22.8. The third-order valence-electron chi connectivity index (χ3n) is 7.58. The summed E-state index contributed by atoms with van der Waals surface area (Å²) in [5.41, 5.74) is 7.98. The van der Waals surface area contributed by atoms with Gasteiger partial charge in [-0.3, -0.25) is 0 Å². The molecule has 1 heterocycles. The van der Waals surface area contributed by atoms with Crippen LogP contribution in [0.25, 0.3) is 33.0 Å². The number of nitrogens with zero attached hydrogens (tertiary/aromatic N) is 3. The van der Waals surface area contributed by atoms with Crippen LogP contribution in [-0.4, -0.2) is 11.7 Å². The molecule has 6 aromatic rings. The molecule has 0 fully saturated rings. The first kappa shape index (κ1) is 25.2. The van der Waals surface area contributed by atoms with Crippen LogP contribution in [0.1, 0.15) is 28.4 Å². The number of aliphatic imine (C=N–C) groups is 2. The predicted octanol–water partition coefficient (Wildman–Crippen LogP) is 8.54. The van der Waals surface area contributed by atoms with Crippen molar-refractivity contribution in [1.29, 1.82) is 5.26 Å². The predicted molar refractivity (Wildman–Crippen MR) is 171 cm³/mol. The van der Waals surface area contributed by atoms with Gasteiger partial charge >= 0.3 is 0 Å². The third kappa shape index (κ3) is 4.96. The lowest BCUT2D eigenvalue weighted by atomic mass is 9.95. The number of hydrogen-bond donors (Lipinski definition) is 1. The first-order valence-electron chi connectivity index (χ1n) is 13.9. The van der Waals surface area contributed by atoms with Gasteiger partial charge in [-0.25, -0.2) is 9.98 Å². The van der Waals surface area contributed by atoms with Crippen LogP contribution >= 0.6 is 0 Å². The molecule has 198 valence electrons. The van der Waals surface area contributed by atoms with Crippen LogP contribution in [0.5, 0.6) is 0 Å². The summed E-state index contributed by atoms with van der Waals surface area (Å²) in [5, 5.41) is 15.4. The Morgan fingerprint density at radius 2 is 1.17 bits per heavy atom. The fourth-order valence-corrected chi connectivity index (χ4v) is 5.37. The molecule has 0 bridgehead atoms. The fraction of sp³-hybridized carbons (Fsp3) is 0.0263. The average Bonchev–Trinajstić information content (AvgIpc) is 3.08. The monoisotopic (exact) mass is 538 g/mol. The Morgan fingerprint density at radius 1 is 0.548 bits per heavy atom. The van der Waals surface area contributed by atoms with E-state index in [2.05, 4.69) is 96.3 Å². The van der Waals surface area contributed by atoms with E-state index in [1.807, 2.05) is 60.7 Å². The van der Waals surface area contributed by atoms with Crippen molar-refractivity contribution in [2.24, 2.45) is 9.98 Å². The van der Waals surface area contributed by atoms with Crippen molar-refractivity contribution >= 4 is 22.4 Å². The van der Waals surface area contributed by atoms with Gasteiger partial charge in [0.1, 0.15) is 12.0 Å². The molecule has 1 unspecified atom stereocenters. The fourth-order valence-electron chi connectivity index (χ4n) is 5.37. The molecule has 7 rings (SSSR count). The van der Waals surface area contributed by atoms with Gasteiger partial charge in [0.15, 0.2) is 5.84 Å². The number of nitrogens with one attached hydrogen (secondary N) is 1. The van der Waals surface area contributed by atoms with E-state index in [4.69, 9.17) is 9.98 Å². The maximum Gasteiger partial charge on any atom is 0.159 e. The Morgan fingerprint density at radius 3 is 1.93 bits per heavy atom. The molecular weight excluding hydrogens is 512 g/mol. The van der Waals surface area contributed by atoms with Crippen molar-refractivity contribution in [2.45, 2.75) is 6.17 Å². The van der Waals surface area contributed by atoms with Crippen LogP contribution in [0.2, 0.25) is 0 Å². The minimum absolute atomic E-state index is 0.227. The molecule has 0 saturated carbocycles. The summed E-state index contributed by atoms with van der Waals surface area (Å²) in [6.07, 6.45) is -0.227. The van der Waals surface area contributed by atoms with E-state index >= 15 is 0 Å². The highest BCUT2D eigenvalue weighted by Crippen LogP contribution is 2.31. The Bertz CT molecular complexity index is 2000. The topological polar surface area (TPSA) is 60.5 Å². The molecule has 4 heteroatoms. The van der Waals surface area contributed by atoms with Gasteiger partial charge in [-0.15, -0.1) is 0 Å². The maximum atomic E-state index is 9.58. The molecular formula is C38H26N4. The molecule has 1 aliphatic heterocycles. The summed E-state index contributed by atoms with van der Waals surface area (Å²) in [5.74, 6) is 1.51. The van der Waals surface area contributed by atoms with E-state index in [0.717, 1.165) is 55.6 Å². The van der Waals surface area contributed by atoms with E-state index in [0.29, 0.717) is 11.4 Å². The lowest BCUT2D eigenvalue weighted by Gasteiger charge is -2.23. The molecule has 0 aliphatic carbocycles. The Kier molecular flexibility index (Phi) is 6.60. The van der Waals surface area contributed by atoms with Gasteiger partial charge in [-0.1, -0.05) is 127 Å². The first-order valence-corrected chi connectivity index (χ1v) is 13.9. The molecule has 0 saturated heterocycles. The minimum Gasteiger partial charge on any atom is -0.344 e. The highest BCUT2D eigenvalue weighted by atomic mass is 15.2. The summed E-state index contributed by atoms with van der Waals surface area (Å²) >= 11 is 0. The standard InChI is InChI=1S/C38H26N4/c39-25-33-13-7-8-14-35(33)32-22-18-27-17-21-31(23-34(27)24-32)26-15-19-30(20-16-26)38-41-36(28-9-3-1-4-10-28)40-37(42-38)29-11-5-2-6-12-29/h1-24,36H,(H,40,41,42). The molecule has 1 aliphatic rings. The molecule has 0 amide bonds. The summed E-state index contributed by atoms with van der Waals surface area (Å²) in [7, 11) is 0. The molecule has 0 spiro atoms. The zero-order chi connectivity index (χ0) is 28.3. The van der Waals surface area contributed by atoms with Crippen LogP contribution in [-0.2, 0) is 0 Å². The van der Waals surface area contributed by atoms with E-state index in [1.165, 1.54) is 0 Å². The van der Waals surface area contributed by atoms with Gasteiger partial charge in [0.2, 0.25) is 0 Å². The molecule has 0 aromatic heterocycles. The highest BCUT2D eigenvalue weighted by molar-refractivity contribution is 6.13. The number of hydrogen-bond acceptors (Lipinski definition) is 4. The van der Waals surface area contributed by atoms with Crippen LogP contribution in [0.4, 0.5) is 0 Å². The van der Waals surface area contributed by atoms with E-state index in [-0.39, 0.29) is 6.17 Å². The number of amidine groups is 2. The van der Waals surface area contributed by atoms with Crippen molar-refractivity contribution < 1.29 is 0 Å². The van der Waals surface area contributed by atoms with Gasteiger partial charge < -0.3 is 5.32 Å². The SMILES string of the molecule is N#Cc1ccccc1-c1ccc2ccc(-c3ccc(C4=NC(c5ccccc5)NC(c5ccccc5)=N4)cc3)cc2c1. The zero-order valence-electron chi connectivity index (χ0n) is 22.8. The van der Waals surface area contributed by atoms with Crippen molar-refractivity contribution in [3.8, 4) is 28.3 Å². The van der Waals surface area contributed by atoms with E-state index in [9.17, 15) is 5.26 Å². The minimum atomic E-state index is -0.227. The number of rotatable bonds is 5. The van der Waals surface area contributed by atoms with Crippen LogP contribution < -0.4 is 5.32 Å². The van der Waals surface area contributed by atoms with Crippen molar-refractivity contribution in [3.05, 3.63) is 168 Å². The maximum absolute atomic E-state index is 9.58. The Hall–Kier alpha value is -5.79. The summed E-state index contributed by atoms with van der Waals surface area (Å²) in [6, 6.07) is 51.8. The lowest BCUT2D eigenvalue weighted by Crippen LogP contribution is -2.33. The molecule has 42 heavy (non-hydrogen) atoms. The largest absolute Gasteiger partial charge is 0.344 e. The van der Waals surface area contributed by atoms with E-state index in [1.54, 1.807) is 0 Å².